The highest BCUT2D eigenvalue weighted by Gasteiger charge is 2.76. The number of rotatable bonds is 3. The third-order valence-corrected chi connectivity index (χ3v) is 7.83. The van der Waals surface area contributed by atoms with Crippen LogP contribution in [-0.4, -0.2) is 34.6 Å². The number of nitrogens with one attached hydrogen (secondary N) is 1. The Balaban J connectivity index is 1.32. The van der Waals surface area contributed by atoms with Crippen molar-refractivity contribution in [3.05, 3.63) is 102 Å². The van der Waals surface area contributed by atoms with Crippen LogP contribution in [0.1, 0.15) is 29.2 Å². The van der Waals surface area contributed by atoms with Gasteiger partial charge in [-0.05, 0) is 35.7 Å². The van der Waals surface area contributed by atoms with Crippen LogP contribution in [-0.2, 0) is 12.0 Å². The van der Waals surface area contributed by atoms with E-state index >= 15 is 0 Å². The quantitative estimate of drug-likeness (QED) is 0.681. The zero-order valence-corrected chi connectivity index (χ0v) is 16.4. The third kappa shape index (κ3) is 2.04. The molecule has 4 aliphatic heterocycles. The van der Waals surface area contributed by atoms with Crippen molar-refractivity contribution >= 4 is 5.69 Å². The van der Waals surface area contributed by atoms with E-state index in [1.165, 1.54) is 29.8 Å². The zero-order valence-electron chi connectivity index (χ0n) is 16.4. The van der Waals surface area contributed by atoms with Gasteiger partial charge in [-0.25, -0.2) is 0 Å². The fraction of sp³-hybridized carbons (Fsp3) is 0.308. The number of hydrogen-bond donors (Lipinski definition) is 1. The smallest absolute Gasteiger partial charge is 0.0918 e. The van der Waals surface area contributed by atoms with Crippen LogP contribution in [0.5, 0.6) is 0 Å². The van der Waals surface area contributed by atoms with E-state index in [2.05, 4.69) is 100 Å². The molecule has 144 valence electrons. The second-order valence-electron chi connectivity index (χ2n) is 9.08. The van der Waals surface area contributed by atoms with Gasteiger partial charge in [-0.3, -0.25) is 9.80 Å². The molecule has 3 aromatic rings. The van der Waals surface area contributed by atoms with Crippen molar-refractivity contribution in [1.29, 1.82) is 0 Å². The summed E-state index contributed by atoms with van der Waals surface area (Å²) in [5, 5.41) is 3.93. The van der Waals surface area contributed by atoms with E-state index in [4.69, 9.17) is 0 Å². The van der Waals surface area contributed by atoms with E-state index in [1.54, 1.807) is 5.56 Å². The molecule has 3 saturated heterocycles. The van der Waals surface area contributed by atoms with E-state index in [0.717, 1.165) is 6.54 Å². The Hall–Kier alpha value is -2.62. The number of fused-ring (bicyclic) bond motifs is 4. The maximum absolute atomic E-state index is 3.93. The minimum absolute atomic E-state index is 0.224. The molecule has 29 heavy (non-hydrogen) atoms. The van der Waals surface area contributed by atoms with Crippen LogP contribution in [0.3, 0.4) is 0 Å². The van der Waals surface area contributed by atoms with Crippen LogP contribution in [0.15, 0.2) is 84.9 Å². The van der Waals surface area contributed by atoms with Crippen LogP contribution in [0.4, 0.5) is 5.69 Å². The molecule has 4 aliphatic rings. The summed E-state index contributed by atoms with van der Waals surface area (Å²) in [5.74, 6) is 0. The van der Waals surface area contributed by atoms with Crippen molar-refractivity contribution in [1.82, 2.24) is 9.80 Å². The molecule has 3 heteroatoms. The monoisotopic (exact) mass is 379 g/mol. The molecule has 0 saturated carbocycles. The number of likely N-dealkylation sites (tertiary alicyclic amines) is 1. The van der Waals surface area contributed by atoms with Crippen molar-refractivity contribution in [2.75, 3.05) is 11.9 Å². The molecule has 3 fully saturated rings. The summed E-state index contributed by atoms with van der Waals surface area (Å²) in [5.41, 5.74) is 6.01. The molecular weight excluding hydrogens is 354 g/mol. The van der Waals surface area contributed by atoms with Crippen molar-refractivity contribution < 1.29 is 0 Å². The Labute approximate surface area is 172 Å². The van der Waals surface area contributed by atoms with Gasteiger partial charge in [-0.15, -0.1) is 0 Å². The summed E-state index contributed by atoms with van der Waals surface area (Å²) >= 11 is 0. The Kier molecular flexibility index (Phi) is 3.19. The average Bonchev–Trinajstić information content (AvgIpc) is 3.08. The summed E-state index contributed by atoms with van der Waals surface area (Å²) in [6.45, 7) is 2.23. The Morgan fingerprint density at radius 3 is 2.41 bits per heavy atom. The van der Waals surface area contributed by atoms with E-state index in [1.807, 2.05) is 0 Å². The minimum Gasteiger partial charge on any atom is -0.368 e. The normalized spacial score (nSPS) is 36.1. The summed E-state index contributed by atoms with van der Waals surface area (Å²) in [6.07, 6.45) is 1.66. The highest BCUT2D eigenvalue weighted by molar-refractivity contribution is 5.66. The fourth-order valence-electron chi connectivity index (χ4n) is 6.78. The van der Waals surface area contributed by atoms with Crippen molar-refractivity contribution in [2.24, 2.45) is 0 Å². The molecule has 3 aromatic carbocycles. The molecule has 0 bridgehead atoms. The molecule has 1 unspecified atom stereocenters. The predicted octanol–water partition coefficient (Wildman–Crippen LogP) is 4.39. The Bertz CT molecular complexity index is 1070. The topological polar surface area (TPSA) is 18.3 Å². The maximum atomic E-state index is 3.93. The molecule has 1 N–H and O–H groups in total. The number of anilines is 1. The van der Waals surface area contributed by atoms with Gasteiger partial charge in [-0.2, -0.15) is 0 Å². The van der Waals surface area contributed by atoms with Crippen molar-refractivity contribution in [3.8, 4) is 0 Å². The lowest BCUT2D eigenvalue weighted by Crippen LogP contribution is -2.48. The number of nitrogens with zero attached hydrogens (tertiary/aromatic N) is 2. The van der Waals surface area contributed by atoms with Crippen molar-refractivity contribution in [3.63, 3.8) is 0 Å². The van der Waals surface area contributed by atoms with Gasteiger partial charge in [0.15, 0.2) is 0 Å². The molecule has 0 radical (unpaired) electrons. The highest BCUT2D eigenvalue weighted by Crippen LogP contribution is 2.67. The largest absolute Gasteiger partial charge is 0.368 e. The standard InChI is InChI=1S/C26H25N3/c1-3-9-18(10-4-1)17-28-16-15-26-20-13-7-8-14-21(20)27-25(26)29-22(23(29)24(26)28)19-11-5-2-6-12-19/h1-14,22-25,27H,15-17H2/t22-,23+,24-,25-,26+,29?/m0/s1. The van der Waals surface area contributed by atoms with Crippen LogP contribution in [0, 0.1) is 0 Å². The molecule has 7 rings (SSSR count). The molecule has 0 amide bonds. The third-order valence-electron chi connectivity index (χ3n) is 7.83. The summed E-state index contributed by atoms with van der Waals surface area (Å²) in [4.78, 5) is 5.54. The average molecular weight is 380 g/mol. The van der Waals surface area contributed by atoms with E-state index in [9.17, 15) is 0 Å². The van der Waals surface area contributed by atoms with Gasteiger partial charge >= 0.3 is 0 Å². The molecule has 6 atom stereocenters. The second kappa shape index (κ2) is 5.71. The molecular formula is C26H25N3. The maximum Gasteiger partial charge on any atom is 0.0918 e. The minimum atomic E-state index is 0.224. The van der Waals surface area contributed by atoms with E-state index in [-0.39, 0.29) is 5.41 Å². The molecule has 4 heterocycles. The van der Waals surface area contributed by atoms with Gasteiger partial charge in [-0.1, -0.05) is 78.9 Å². The first-order chi connectivity index (χ1) is 14.4. The first-order valence-electron chi connectivity index (χ1n) is 10.8. The Morgan fingerprint density at radius 1 is 0.862 bits per heavy atom. The molecule has 3 nitrogen and oxygen atoms in total. The first-order valence-corrected chi connectivity index (χ1v) is 10.8. The van der Waals surface area contributed by atoms with Crippen LogP contribution in [0.2, 0.25) is 0 Å². The SMILES string of the molecule is c1ccc(CN2CC[C@]34c5ccccc5N[C@H]3N3[C@@H]([C@H]24)[C@@H]3c2ccccc2)cc1. The zero-order chi connectivity index (χ0) is 19.0. The lowest BCUT2D eigenvalue weighted by Gasteiger charge is -2.36. The van der Waals surface area contributed by atoms with Gasteiger partial charge in [0.25, 0.3) is 0 Å². The molecule has 1 spiro atoms. The summed E-state index contributed by atoms with van der Waals surface area (Å²) < 4.78 is 0. The summed E-state index contributed by atoms with van der Waals surface area (Å²) in [6, 6.07) is 32.9. The van der Waals surface area contributed by atoms with Crippen LogP contribution < -0.4 is 5.32 Å². The van der Waals surface area contributed by atoms with E-state index < -0.39 is 0 Å². The van der Waals surface area contributed by atoms with Crippen LogP contribution >= 0.6 is 0 Å². The van der Waals surface area contributed by atoms with Gasteiger partial charge < -0.3 is 5.32 Å². The van der Waals surface area contributed by atoms with Crippen molar-refractivity contribution in [2.45, 2.75) is 42.7 Å². The number of piperidine rings is 1. The predicted molar refractivity (Wildman–Crippen MR) is 116 cm³/mol. The number of para-hydroxylation sites is 1. The van der Waals surface area contributed by atoms with E-state index in [0.29, 0.717) is 24.3 Å². The first kappa shape index (κ1) is 16.2. The molecule has 0 aliphatic carbocycles. The number of hydrogen-bond acceptors (Lipinski definition) is 3. The molecule has 0 aromatic heterocycles. The van der Waals surface area contributed by atoms with Gasteiger partial charge in [0, 0.05) is 29.7 Å². The van der Waals surface area contributed by atoms with Gasteiger partial charge in [0.1, 0.15) is 0 Å². The lowest BCUT2D eigenvalue weighted by atomic mass is 9.73. The van der Waals surface area contributed by atoms with Gasteiger partial charge in [0.2, 0.25) is 0 Å². The van der Waals surface area contributed by atoms with Gasteiger partial charge in [0.05, 0.1) is 12.2 Å². The summed E-state index contributed by atoms with van der Waals surface area (Å²) in [7, 11) is 0. The fourth-order valence-corrected chi connectivity index (χ4v) is 6.78. The highest BCUT2D eigenvalue weighted by atomic mass is 15.5. The number of benzene rings is 3. The lowest BCUT2D eigenvalue weighted by molar-refractivity contribution is 0.206. The second-order valence-corrected chi connectivity index (χ2v) is 9.08. The van der Waals surface area contributed by atoms with Crippen LogP contribution in [0.25, 0.3) is 0 Å². The Morgan fingerprint density at radius 2 is 1.59 bits per heavy atom.